The molecule has 0 bridgehead atoms. The van der Waals surface area contributed by atoms with Crippen LogP contribution in [0.25, 0.3) is 6.08 Å². The van der Waals surface area contributed by atoms with Crippen molar-refractivity contribution in [2.24, 2.45) is 0 Å². The standard InChI is InChI=1S/C25H32BrNO3/c1-4-6-8-16-30-23-14-11-20(18-24(23)29-3)12-15-25(28)27-22-13-10-19(9-7-5-2)17-21(22)26/h10-15,17-18H,4-9,16H2,1-3H3,(H,27,28)/b15-12+. The summed E-state index contributed by atoms with van der Waals surface area (Å²) in [7, 11) is 1.62. The molecule has 0 radical (unpaired) electrons. The van der Waals surface area contributed by atoms with E-state index in [2.05, 4.69) is 47.2 Å². The molecule has 5 heteroatoms. The summed E-state index contributed by atoms with van der Waals surface area (Å²) in [6, 6.07) is 11.7. The third-order valence-corrected chi connectivity index (χ3v) is 5.39. The number of rotatable bonds is 12. The Morgan fingerprint density at radius 1 is 1.03 bits per heavy atom. The Hall–Kier alpha value is -2.27. The summed E-state index contributed by atoms with van der Waals surface area (Å²) in [5.41, 5.74) is 2.90. The molecule has 162 valence electrons. The number of methoxy groups -OCH3 is 1. The number of unbranched alkanes of at least 4 members (excludes halogenated alkanes) is 3. The van der Waals surface area contributed by atoms with Gasteiger partial charge < -0.3 is 14.8 Å². The molecule has 0 unspecified atom stereocenters. The molecule has 0 saturated carbocycles. The third-order valence-electron chi connectivity index (χ3n) is 4.73. The fourth-order valence-corrected chi connectivity index (χ4v) is 3.51. The minimum absolute atomic E-state index is 0.184. The second-order valence-electron chi connectivity index (χ2n) is 7.21. The van der Waals surface area contributed by atoms with Crippen LogP contribution < -0.4 is 14.8 Å². The van der Waals surface area contributed by atoms with Gasteiger partial charge in [0.25, 0.3) is 0 Å². The first kappa shape index (κ1) is 24.0. The van der Waals surface area contributed by atoms with E-state index in [1.54, 1.807) is 13.2 Å². The molecule has 30 heavy (non-hydrogen) atoms. The van der Waals surface area contributed by atoms with Gasteiger partial charge in [-0.2, -0.15) is 0 Å². The van der Waals surface area contributed by atoms with Gasteiger partial charge in [-0.25, -0.2) is 0 Å². The normalized spacial score (nSPS) is 10.9. The first-order valence-electron chi connectivity index (χ1n) is 10.7. The van der Waals surface area contributed by atoms with Crippen molar-refractivity contribution in [3.8, 4) is 11.5 Å². The summed E-state index contributed by atoms with van der Waals surface area (Å²) in [5, 5.41) is 2.92. The van der Waals surface area contributed by atoms with Crippen molar-refractivity contribution in [2.75, 3.05) is 19.0 Å². The Balaban J connectivity index is 1.97. The number of ether oxygens (including phenoxy) is 2. The molecule has 0 aliphatic carbocycles. The first-order chi connectivity index (χ1) is 14.6. The highest BCUT2D eigenvalue weighted by molar-refractivity contribution is 9.10. The molecular weight excluding hydrogens is 442 g/mol. The van der Waals surface area contributed by atoms with Crippen LogP contribution in [0.3, 0.4) is 0 Å². The number of halogens is 1. The second kappa shape index (κ2) is 13.1. The molecule has 1 amide bonds. The van der Waals surface area contributed by atoms with Gasteiger partial charge in [0.2, 0.25) is 5.91 Å². The molecule has 2 rings (SSSR count). The molecule has 0 aromatic heterocycles. The number of hydrogen-bond donors (Lipinski definition) is 1. The summed E-state index contributed by atoms with van der Waals surface area (Å²) in [5.74, 6) is 1.21. The molecule has 0 fully saturated rings. The summed E-state index contributed by atoms with van der Waals surface area (Å²) < 4.78 is 12.1. The lowest BCUT2D eigenvalue weighted by Crippen LogP contribution is -2.08. The first-order valence-corrected chi connectivity index (χ1v) is 11.4. The smallest absolute Gasteiger partial charge is 0.248 e. The Morgan fingerprint density at radius 2 is 1.83 bits per heavy atom. The molecule has 0 heterocycles. The van der Waals surface area contributed by atoms with Crippen molar-refractivity contribution < 1.29 is 14.3 Å². The van der Waals surface area contributed by atoms with E-state index in [0.717, 1.165) is 60.0 Å². The quantitative estimate of drug-likeness (QED) is 0.266. The summed E-state index contributed by atoms with van der Waals surface area (Å²) in [6.45, 7) is 5.02. The van der Waals surface area contributed by atoms with Crippen molar-refractivity contribution in [2.45, 2.75) is 52.4 Å². The maximum Gasteiger partial charge on any atom is 0.248 e. The molecule has 2 aromatic rings. The van der Waals surface area contributed by atoms with Crippen LogP contribution in [0.5, 0.6) is 11.5 Å². The molecule has 4 nitrogen and oxygen atoms in total. The highest BCUT2D eigenvalue weighted by atomic mass is 79.9. The van der Waals surface area contributed by atoms with E-state index in [1.807, 2.05) is 24.3 Å². The van der Waals surface area contributed by atoms with E-state index in [4.69, 9.17) is 9.47 Å². The van der Waals surface area contributed by atoms with Gasteiger partial charge in [-0.05, 0) is 76.7 Å². The van der Waals surface area contributed by atoms with Gasteiger partial charge in [-0.1, -0.05) is 45.2 Å². The van der Waals surface area contributed by atoms with Crippen molar-refractivity contribution in [1.29, 1.82) is 0 Å². The third kappa shape index (κ3) is 7.86. The molecular formula is C25H32BrNO3. The SMILES string of the molecule is CCCCCOc1ccc(/C=C/C(=O)Nc2ccc(CCCC)cc2Br)cc1OC. The summed E-state index contributed by atoms with van der Waals surface area (Å²) in [6.07, 6.45) is 9.99. The number of carbonyl (C=O) groups is 1. The minimum atomic E-state index is -0.184. The molecule has 0 saturated heterocycles. The van der Waals surface area contributed by atoms with E-state index < -0.39 is 0 Å². The Bertz CT molecular complexity index is 848. The van der Waals surface area contributed by atoms with Gasteiger partial charge in [0.1, 0.15) is 0 Å². The lowest BCUT2D eigenvalue weighted by molar-refractivity contribution is -0.111. The highest BCUT2D eigenvalue weighted by Gasteiger charge is 2.07. The largest absolute Gasteiger partial charge is 0.493 e. The zero-order valence-electron chi connectivity index (χ0n) is 18.2. The molecule has 0 spiro atoms. The fourth-order valence-electron chi connectivity index (χ4n) is 2.98. The van der Waals surface area contributed by atoms with Gasteiger partial charge in [-0.3, -0.25) is 4.79 Å². The number of anilines is 1. The topological polar surface area (TPSA) is 47.6 Å². The van der Waals surface area contributed by atoms with Crippen LogP contribution in [-0.2, 0) is 11.2 Å². The van der Waals surface area contributed by atoms with Crippen molar-refractivity contribution in [3.05, 3.63) is 58.1 Å². The lowest BCUT2D eigenvalue weighted by atomic mass is 10.1. The van der Waals surface area contributed by atoms with Crippen molar-refractivity contribution in [1.82, 2.24) is 0 Å². The van der Waals surface area contributed by atoms with Crippen LogP contribution in [0, 0.1) is 0 Å². The number of aryl methyl sites for hydroxylation is 1. The van der Waals surface area contributed by atoms with Crippen LogP contribution in [0.2, 0.25) is 0 Å². The zero-order chi connectivity index (χ0) is 21.8. The Labute approximate surface area is 188 Å². The van der Waals surface area contributed by atoms with Crippen LogP contribution in [0.1, 0.15) is 57.1 Å². The van der Waals surface area contributed by atoms with Gasteiger partial charge in [-0.15, -0.1) is 0 Å². The molecule has 0 aliphatic rings. The maximum absolute atomic E-state index is 12.3. The van der Waals surface area contributed by atoms with Gasteiger partial charge in [0.05, 0.1) is 19.4 Å². The van der Waals surface area contributed by atoms with Crippen LogP contribution in [0.15, 0.2) is 46.9 Å². The number of carbonyl (C=O) groups excluding carboxylic acids is 1. The maximum atomic E-state index is 12.3. The van der Waals surface area contributed by atoms with Crippen LogP contribution in [0.4, 0.5) is 5.69 Å². The molecule has 1 N–H and O–H groups in total. The van der Waals surface area contributed by atoms with Crippen LogP contribution >= 0.6 is 15.9 Å². The van der Waals surface area contributed by atoms with E-state index in [0.29, 0.717) is 12.4 Å². The van der Waals surface area contributed by atoms with Crippen LogP contribution in [-0.4, -0.2) is 19.6 Å². The Kier molecular flexibility index (Phi) is 10.5. The molecule has 0 aliphatic heterocycles. The Morgan fingerprint density at radius 3 is 2.53 bits per heavy atom. The highest BCUT2D eigenvalue weighted by Crippen LogP contribution is 2.29. The van der Waals surface area contributed by atoms with Crippen molar-refractivity contribution in [3.63, 3.8) is 0 Å². The fraction of sp³-hybridized carbons (Fsp3) is 0.400. The average molecular weight is 474 g/mol. The van der Waals surface area contributed by atoms with Gasteiger partial charge >= 0.3 is 0 Å². The predicted octanol–water partition coefficient (Wildman–Crippen LogP) is 7.02. The second-order valence-corrected chi connectivity index (χ2v) is 8.06. The number of benzene rings is 2. The van der Waals surface area contributed by atoms with E-state index in [9.17, 15) is 4.79 Å². The monoisotopic (exact) mass is 473 g/mol. The zero-order valence-corrected chi connectivity index (χ0v) is 19.8. The number of hydrogen-bond acceptors (Lipinski definition) is 3. The predicted molar refractivity (Wildman–Crippen MR) is 128 cm³/mol. The average Bonchev–Trinajstić information content (AvgIpc) is 2.76. The summed E-state index contributed by atoms with van der Waals surface area (Å²) in [4.78, 5) is 12.3. The summed E-state index contributed by atoms with van der Waals surface area (Å²) >= 11 is 3.55. The van der Waals surface area contributed by atoms with E-state index in [1.165, 1.54) is 11.6 Å². The van der Waals surface area contributed by atoms with Crippen molar-refractivity contribution >= 4 is 33.6 Å². The van der Waals surface area contributed by atoms with Gasteiger partial charge in [0.15, 0.2) is 11.5 Å². The minimum Gasteiger partial charge on any atom is -0.493 e. The molecule has 2 aromatic carbocycles. The van der Waals surface area contributed by atoms with Gasteiger partial charge in [0, 0.05) is 10.5 Å². The van der Waals surface area contributed by atoms with E-state index >= 15 is 0 Å². The lowest BCUT2D eigenvalue weighted by Gasteiger charge is -2.11. The van der Waals surface area contributed by atoms with E-state index in [-0.39, 0.29) is 5.91 Å². The molecule has 0 atom stereocenters. The number of nitrogens with one attached hydrogen (secondary N) is 1. The number of amides is 1.